The van der Waals surface area contributed by atoms with Crippen molar-refractivity contribution in [3.63, 3.8) is 0 Å². The normalized spacial score (nSPS) is 33.0. The molecular formula is C4H4Br2N2O2. The van der Waals surface area contributed by atoms with Crippen LogP contribution in [-0.2, 0) is 9.59 Å². The topological polar surface area (TPSA) is 58.2 Å². The van der Waals surface area contributed by atoms with Gasteiger partial charge in [-0.15, -0.1) is 0 Å². The van der Waals surface area contributed by atoms with Gasteiger partial charge < -0.3 is 10.6 Å². The summed E-state index contributed by atoms with van der Waals surface area (Å²) in [4.78, 5) is 20.7. The van der Waals surface area contributed by atoms with Gasteiger partial charge in [-0.1, -0.05) is 31.9 Å². The maximum Gasteiger partial charge on any atom is 0.310 e. The third-order valence-corrected chi connectivity index (χ3v) is 3.23. The number of hydrogen-bond donors (Lipinski definition) is 2. The molecule has 0 saturated carbocycles. The Morgan fingerprint density at radius 2 is 1.30 bits per heavy atom. The number of carbonyl (C=O) groups excluding carboxylic acids is 2. The van der Waals surface area contributed by atoms with Crippen LogP contribution in [0.5, 0.6) is 0 Å². The van der Waals surface area contributed by atoms with Gasteiger partial charge in [0.2, 0.25) is 0 Å². The van der Waals surface area contributed by atoms with E-state index in [1.807, 2.05) is 0 Å². The first kappa shape index (κ1) is 8.00. The predicted octanol–water partition coefficient (Wildman–Crippen LogP) is -0.326. The van der Waals surface area contributed by atoms with Gasteiger partial charge in [0.25, 0.3) is 0 Å². The molecule has 0 radical (unpaired) electrons. The molecule has 0 aliphatic carbocycles. The second-order valence-electron chi connectivity index (χ2n) is 1.75. The Labute approximate surface area is 74.0 Å². The summed E-state index contributed by atoms with van der Waals surface area (Å²) in [6.07, 6.45) is 0. The molecule has 0 aromatic carbocycles. The highest BCUT2D eigenvalue weighted by molar-refractivity contribution is 9.12. The van der Waals surface area contributed by atoms with Gasteiger partial charge in [-0.25, -0.2) is 0 Å². The van der Waals surface area contributed by atoms with Crippen LogP contribution in [0.15, 0.2) is 0 Å². The summed E-state index contributed by atoms with van der Waals surface area (Å²) >= 11 is 6.26. The zero-order valence-corrected chi connectivity index (χ0v) is 7.90. The van der Waals surface area contributed by atoms with Crippen molar-refractivity contribution in [1.82, 2.24) is 10.6 Å². The summed E-state index contributed by atoms with van der Waals surface area (Å²) in [6, 6.07) is 0. The van der Waals surface area contributed by atoms with E-state index in [0.717, 1.165) is 0 Å². The van der Waals surface area contributed by atoms with Crippen molar-refractivity contribution in [3.8, 4) is 0 Å². The lowest BCUT2D eigenvalue weighted by Crippen LogP contribution is -2.57. The van der Waals surface area contributed by atoms with Crippen molar-refractivity contribution >= 4 is 43.7 Å². The van der Waals surface area contributed by atoms with Crippen LogP contribution in [0.3, 0.4) is 0 Å². The smallest absolute Gasteiger partial charge is 0.310 e. The van der Waals surface area contributed by atoms with Gasteiger partial charge in [0.1, 0.15) is 9.90 Å². The summed E-state index contributed by atoms with van der Waals surface area (Å²) in [5, 5.41) is 4.80. The predicted molar refractivity (Wildman–Crippen MR) is 41.7 cm³/mol. The van der Waals surface area contributed by atoms with E-state index < -0.39 is 11.8 Å². The second kappa shape index (κ2) is 2.87. The van der Waals surface area contributed by atoms with E-state index in [-0.39, 0.29) is 9.90 Å². The van der Waals surface area contributed by atoms with Gasteiger partial charge in [0.05, 0.1) is 0 Å². The van der Waals surface area contributed by atoms with Crippen LogP contribution in [0.25, 0.3) is 0 Å². The fourth-order valence-corrected chi connectivity index (χ4v) is 1.21. The molecule has 2 amide bonds. The molecule has 2 atom stereocenters. The maximum absolute atomic E-state index is 10.6. The molecule has 1 saturated heterocycles. The summed E-state index contributed by atoms with van der Waals surface area (Å²) in [5.41, 5.74) is 0. The molecule has 1 aliphatic heterocycles. The molecule has 2 unspecified atom stereocenters. The molecule has 2 N–H and O–H groups in total. The molecule has 0 spiro atoms. The van der Waals surface area contributed by atoms with Crippen LogP contribution in [0, 0.1) is 0 Å². The van der Waals surface area contributed by atoms with Gasteiger partial charge in [0, 0.05) is 0 Å². The molecule has 0 aromatic heterocycles. The van der Waals surface area contributed by atoms with Gasteiger partial charge in [-0.05, 0) is 0 Å². The number of halogens is 2. The summed E-state index contributed by atoms with van der Waals surface area (Å²) in [5.74, 6) is -1.23. The first-order valence-electron chi connectivity index (χ1n) is 2.51. The molecule has 4 nitrogen and oxygen atoms in total. The number of carbonyl (C=O) groups is 2. The molecular weight excluding hydrogens is 268 g/mol. The first-order valence-corrected chi connectivity index (χ1v) is 4.34. The van der Waals surface area contributed by atoms with Crippen LogP contribution in [-0.4, -0.2) is 21.7 Å². The van der Waals surface area contributed by atoms with E-state index in [2.05, 4.69) is 42.5 Å². The highest BCUT2D eigenvalue weighted by atomic mass is 79.9. The monoisotopic (exact) mass is 270 g/mol. The van der Waals surface area contributed by atoms with Crippen LogP contribution in [0.1, 0.15) is 0 Å². The van der Waals surface area contributed by atoms with Crippen molar-refractivity contribution < 1.29 is 9.59 Å². The minimum atomic E-state index is -0.613. The molecule has 1 aliphatic rings. The Balaban J connectivity index is 2.63. The van der Waals surface area contributed by atoms with Crippen LogP contribution in [0.4, 0.5) is 0 Å². The third kappa shape index (κ3) is 1.49. The maximum atomic E-state index is 10.6. The van der Waals surface area contributed by atoms with Crippen molar-refractivity contribution in [1.29, 1.82) is 0 Å². The number of nitrogens with one attached hydrogen (secondary N) is 2. The van der Waals surface area contributed by atoms with Gasteiger partial charge >= 0.3 is 11.8 Å². The molecule has 1 fully saturated rings. The van der Waals surface area contributed by atoms with E-state index in [4.69, 9.17) is 0 Å². The van der Waals surface area contributed by atoms with Crippen molar-refractivity contribution in [2.45, 2.75) is 9.90 Å². The van der Waals surface area contributed by atoms with E-state index in [1.54, 1.807) is 0 Å². The fraction of sp³-hybridized carbons (Fsp3) is 0.500. The number of piperazine rings is 1. The van der Waals surface area contributed by atoms with Crippen molar-refractivity contribution in [2.24, 2.45) is 0 Å². The number of hydrogen-bond acceptors (Lipinski definition) is 2. The van der Waals surface area contributed by atoms with Gasteiger partial charge in [-0.2, -0.15) is 0 Å². The highest BCUT2D eigenvalue weighted by Gasteiger charge is 2.29. The number of amides is 2. The minimum Gasteiger partial charge on any atom is -0.333 e. The molecule has 56 valence electrons. The SMILES string of the molecule is O=C1NC(Br)C(Br)NC1=O. The molecule has 1 rings (SSSR count). The van der Waals surface area contributed by atoms with E-state index >= 15 is 0 Å². The quantitative estimate of drug-likeness (QED) is 0.360. The average Bonchev–Trinajstić information content (AvgIpc) is 1.84. The van der Waals surface area contributed by atoms with Crippen molar-refractivity contribution in [2.75, 3.05) is 0 Å². The zero-order valence-electron chi connectivity index (χ0n) is 4.73. The lowest BCUT2D eigenvalue weighted by atomic mass is 10.4. The molecule has 0 aromatic rings. The molecule has 10 heavy (non-hydrogen) atoms. The minimum absolute atomic E-state index is 0.238. The Hall–Kier alpha value is -0.100. The lowest BCUT2D eigenvalue weighted by Gasteiger charge is -2.23. The largest absolute Gasteiger partial charge is 0.333 e. The average molecular weight is 272 g/mol. The summed E-state index contributed by atoms with van der Waals surface area (Å²) in [6.45, 7) is 0. The van der Waals surface area contributed by atoms with Crippen LogP contribution in [0.2, 0.25) is 0 Å². The Kier molecular flexibility index (Phi) is 2.30. The summed E-state index contributed by atoms with van der Waals surface area (Å²) in [7, 11) is 0. The number of rotatable bonds is 0. The Morgan fingerprint density at radius 1 is 1.00 bits per heavy atom. The molecule has 0 bridgehead atoms. The van der Waals surface area contributed by atoms with E-state index in [1.165, 1.54) is 0 Å². The second-order valence-corrected chi connectivity index (χ2v) is 3.72. The standard InChI is InChI=1S/C4H4Br2N2O2/c5-1-2(6)8-4(10)3(9)7-1/h1-2H,(H,7,9)(H,8,10). The van der Waals surface area contributed by atoms with E-state index in [0.29, 0.717) is 0 Å². The molecule has 1 heterocycles. The lowest BCUT2D eigenvalue weighted by molar-refractivity contribution is -0.140. The van der Waals surface area contributed by atoms with Crippen LogP contribution < -0.4 is 10.6 Å². The van der Waals surface area contributed by atoms with Gasteiger partial charge in [-0.3, -0.25) is 9.59 Å². The van der Waals surface area contributed by atoms with Gasteiger partial charge in [0.15, 0.2) is 0 Å². The Bertz CT molecular complexity index is 164. The van der Waals surface area contributed by atoms with E-state index in [9.17, 15) is 9.59 Å². The first-order chi connectivity index (χ1) is 4.61. The zero-order chi connectivity index (χ0) is 7.72. The number of alkyl halides is 2. The highest BCUT2D eigenvalue weighted by Crippen LogP contribution is 2.11. The fourth-order valence-electron chi connectivity index (χ4n) is 0.528. The Morgan fingerprint density at radius 3 is 1.60 bits per heavy atom. The molecule has 6 heteroatoms. The van der Waals surface area contributed by atoms with Crippen LogP contribution >= 0.6 is 31.9 Å². The van der Waals surface area contributed by atoms with Crippen molar-refractivity contribution in [3.05, 3.63) is 0 Å². The third-order valence-electron chi connectivity index (χ3n) is 1.00. The summed E-state index contributed by atoms with van der Waals surface area (Å²) < 4.78 is 0.